The van der Waals surface area contributed by atoms with Gasteiger partial charge < -0.3 is 4.74 Å². The third-order valence-corrected chi connectivity index (χ3v) is 4.29. The molecule has 2 rings (SSSR count). The van der Waals surface area contributed by atoms with Gasteiger partial charge in [-0.05, 0) is 30.2 Å². The van der Waals surface area contributed by atoms with Crippen molar-refractivity contribution in [2.75, 3.05) is 7.11 Å². The molecule has 0 N–H and O–H groups in total. The Hall–Kier alpha value is -1.000. The molecular formula is C14H16BrClN2O. The molecule has 1 aromatic heterocycles. The Morgan fingerprint density at radius 3 is 2.95 bits per heavy atom. The highest BCUT2D eigenvalue weighted by molar-refractivity contribution is 9.10. The molecule has 0 radical (unpaired) electrons. The molecule has 0 saturated carbocycles. The molecule has 1 heterocycles. The molecule has 0 aliphatic carbocycles. The molecule has 0 fully saturated rings. The number of hydrogen-bond acceptors (Lipinski definition) is 2. The van der Waals surface area contributed by atoms with Gasteiger partial charge in [-0.2, -0.15) is 5.10 Å². The van der Waals surface area contributed by atoms with E-state index in [4.69, 9.17) is 16.3 Å². The zero-order valence-electron chi connectivity index (χ0n) is 10.9. The van der Waals surface area contributed by atoms with Gasteiger partial charge in [-0.15, -0.1) is 11.6 Å². The van der Waals surface area contributed by atoms with Crippen LogP contribution in [0.25, 0.3) is 0 Å². The van der Waals surface area contributed by atoms with Gasteiger partial charge in [0.15, 0.2) is 0 Å². The molecule has 0 bridgehead atoms. The van der Waals surface area contributed by atoms with Crippen LogP contribution in [-0.2, 0) is 6.54 Å². The van der Waals surface area contributed by atoms with E-state index in [-0.39, 0.29) is 5.38 Å². The van der Waals surface area contributed by atoms with Gasteiger partial charge in [0.2, 0.25) is 0 Å². The number of nitrogens with zero attached hydrogens (tertiary/aromatic N) is 2. The van der Waals surface area contributed by atoms with Crippen LogP contribution in [0, 0.1) is 0 Å². The summed E-state index contributed by atoms with van der Waals surface area (Å²) in [6.07, 6.45) is 4.72. The van der Waals surface area contributed by atoms with Crippen LogP contribution in [0.5, 0.6) is 5.75 Å². The van der Waals surface area contributed by atoms with E-state index in [1.54, 1.807) is 7.11 Å². The van der Waals surface area contributed by atoms with Crippen LogP contribution in [0.2, 0.25) is 0 Å². The molecule has 5 heteroatoms. The monoisotopic (exact) mass is 342 g/mol. The highest BCUT2D eigenvalue weighted by Gasteiger charge is 2.09. The Bertz CT molecular complexity index is 556. The molecule has 1 atom stereocenters. The fraction of sp³-hybridized carbons (Fsp3) is 0.357. The zero-order valence-corrected chi connectivity index (χ0v) is 13.3. The van der Waals surface area contributed by atoms with Gasteiger partial charge in [-0.1, -0.05) is 22.9 Å². The largest absolute Gasteiger partial charge is 0.497 e. The lowest BCUT2D eigenvalue weighted by Gasteiger charge is -2.07. The van der Waals surface area contributed by atoms with E-state index >= 15 is 0 Å². The van der Waals surface area contributed by atoms with Crippen LogP contribution in [0.4, 0.5) is 0 Å². The van der Waals surface area contributed by atoms with Crippen LogP contribution < -0.4 is 4.74 Å². The number of ether oxygens (including phenoxy) is 1. The first kappa shape index (κ1) is 14.4. The van der Waals surface area contributed by atoms with Gasteiger partial charge in [0, 0.05) is 16.2 Å². The van der Waals surface area contributed by atoms with Gasteiger partial charge in [0.1, 0.15) is 5.75 Å². The minimum Gasteiger partial charge on any atom is -0.497 e. The van der Waals surface area contributed by atoms with E-state index < -0.39 is 0 Å². The molecule has 0 saturated heterocycles. The van der Waals surface area contributed by atoms with Gasteiger partial charge >= 0.3 is 0 Å². The van der Waals surface area contributed by atoms with Crippen molar-refractivity contribution in [3.63, 3.8) is 0 Å². The van der Waals surface area contributed by atoms with E-state index in [0.717, 1.165) is 27.8 Å². The van der Waals surface area contributed by atoms with Crippen molar-refractivity contribution in [3.8, 4) is 5.75 Å². The number of methoxy groups -OCH3 is 1. The minimum absolute atomic E-state index is 0.0301. The van der Waals surface area contributed by atoms with Crippen LogP contribution in [-0.4, -0.2) is 16.9 Å². The summed E-state index contributed by atoms with van der Waals surface area (Å²) < 4.78 is 8.17. The van der Waals surface area contributed by atoms with Gasteiger partial charge in [0.25, 0.3) is 0 Å². The fourth-order valence-electron chi connectivity index (χ4n) is 1.84. The molecule has 0 amide bonds. The highest BCUT2D eigenvalue weighted by Crippen LogP contribution is 2.25. The molecule has 0 spiro atoms. The second kappa shape index (κ2) is 6.44. The predicted molar refractivity (Wildman–Crippen MR) is 80.9 cm³/mol. The van der Waals surface area contributed by atoms with E-state index in [0.29, 0.717) is 6.54 Å². The second-order valence-corrected chi connectivity index (χ2v) is 5.69. The van der Waals surface area contributed by atoms with Crippen molar-refractivity contribution >= 4 is 27.5 Å². The maximum atomic E-state index is 6.20. The van der Waals surface area contributed by atoms with Crippen molar-refractivity contribution in [3.05, 3.63) is 46.2 Å². The number of rotatable bonds is 5. The highest BCUT2D eigenvalue weighted by atomic mass is 79.9. The number of aromatic nitrogens is 2. The molecule has 3 nitrogen and oxygen atoms in total. The van der Waals surface area contributed by atoms with E-state index in [1.165, 1.54) is 0 Å². The topological polar surface area (TPSA) is 27.1 Å². The standard InChI is InChI=1S/C14H16BrClN2O/c1-3-14(16)11-7-17-18(9-11)8-10-6-12(19-2)4-5-13(10)15/h4-7,9,14H,3,8H2,1-2H3. The average molecular weight is 344 g/mol. The van der Waals surface area contributed by atoms with Crippen molar-refractivity contribution in [2.45, 2.75) is 25.3 Å². The Balaban J connectivity index is 2.19. The normalized spacial score (nSPS) is 12.4. The summed E-state index contributed by atoms with van der Waals surface area (Å²) in [5.74, 6) is 0.842. The smallest absolute Gasteiger partial charge is 0.119 e. The molecule has 0 aliphatic heterocycles. The number of hydrogen-bond donors (Lipinski definition) is 0. The molecule has 2 aromatic rings. The summed E-state index contributed by atoms with van der Waals surface area (Å²) in [6, 6.07) is 5.91. The van der Waals surface area contributed by atoms with Gasteiger partial charge in [-0.3, -0.25) is 4.68 Å². The summed E-state index contributed by atoms with van der Waals surface area (Å²) in [5.41, 5.74) is 2.18. The van der Waals surface area contributed by atoms with Crippen molar-refractivity contribution < 1.29 is 4.74 Å². The van der Waals surface area contributed by atoms with Gasteiger partial charge in [0.05, 0.1) is 25.2 Å². The molecule has 19 heavy (non-hydrogen) atoms. The Labute approximate surface area is 126 Å². The number of alkyl halides is 1. The second-order valence-electron chi connectivity index (χ2n) is 4.30. The first-order chi connectivity index (χ1) is 9.13. The Morgan fingerprint density at radius 1 is 1.47 bits per heavy atom. The lowest BCUT2D eigenvalue weighted by Crippen LogP contribution is -2.01. The van der Waals surface area contributed by atoms with Gasteiger partial charge in [-0.25, -0.2) is 0 Å². The van der Waals surface area contributed by atoms with Crippen LogP contribution in [0.15, 0.2) is 35.1 Å². The minimum atomic E-state index is 0.0301. The SMILES string of the molecule is CCC(Cl)c1cnn(Cc2cc(OC)ccc2Br)c1. The maximum absolute atomic E-state index is 6.20. The van der Waals surface area contributed by atoms with E-state index in [1.807, 2.05) is 35.3 Å². The summed E-state index contributed by atoms with van der Waals surface area (Å²) in [4.78, 5) is 0. The third kappa shape index (κ3) is 3.51. The molecular weight excluding hydrogens is 328 g/mol. The molecule has 102 valence electrons. The number of benzene rings is 1. The molecule has 0 aliphatic rings. The summed E-state index contributed by atoms with van der Waals surface area (Å²) in [5, 5.41) is 4.38. The Kier molecular flexibility index (Phi) is 4.88. The Morgan fingerprint density at radius 2 is 2.26 bits per heavy atom. The molecule has 1 aromatic carbocycles. The fourth-order valence-corrected chi connectivity index (χ4v) is 2.32. The van der Waals surface area contributed by atoms with E-state index in [2.05, 4.69) is 28.0 Å². The van der Waals surface area contributed by atoms with Crippen LogP contribution in [0.1, 0.15) is 29.8 Å². The maximum Gasteiger partial charge on any atom is 0.119 e. The summed E-state index contributed by atoms with van der Waals surface area (Å²) in [7, 11) is 1.67. The first-order valence-electron chi connectivity index (χ1n) is 6.13. The van der Waals surface area contributed by atoms with E-state index in [9.17, 15) is 0 Å². The lowest BCUT2D eigenvalue weighted by molar-refractivity contribution is 0.414. The number of halogens is 2. The first-order valence-corrected chi connectivity index (χ1v) is 7.35. The van der Waals surface area contributed by atoms with Crippen LogP contribution >= 0.6 is 27.5 Å². The quantitative estimate of drug-likeness (QED) is 0.753. The summed E-state index contributed by atoms with van der Waals surface area (Å²) >= 11 is 9.75. The summed E-state index contributed by atoms with van der Waals surface area (Å²) in [6.45, 7) is 2.75. The molecule has 1 unspecified atom stereocenters. The lowest BCUT2D eigenvalue weighted by atomic mass is 10.2. The predicted octanol–water partition coefficient (Wildman–Crippen LogP) is 4.39. The van der Waals surface area contributed by atoms with Crippen molar-refractivity contribution in [1.29, 1.82) is 0 Å². The van der Waals surface area contributed by atoms with Crippen LogP contribution in [0.3, 0.4) is 0 Å². The zero-order chi connectivity index (χ0) is 13.8. The average Bonchev–Trinajstić information content (AvgIpc) is 2.89. The third-order valence-electron chi connectivity index (χ3n) is 2.96. The van der Waals surface area contributed by atoms with Crippen molar-refractivity contribution in [2.24, 2.45) is 0 Å². The van der Waals surface area contributed by atoms with Crippen molar-refractivity contribution in [1.82, 2.24) is 9.78 Å².